The molecule has 0 radical (unpaired) electrons. The average molecular weight is 334 g/mol. The predicted octanol–water partition coefficient (Wildman–Crippen LogP) is 3.89. The maximum atomic E-state index is 11.9. The van der Waals surface area contributed by atoms with Crippen LogP contribution < -0.4 is 0 Å². The fraction of sp³-hybridized carbons (Fsp3) is 0.333. The van der Waals surface area contributed by atoms with Crippen molar-refractivity contribution >= 4 is 10.1 Å². The highest BCUT2D eigenvalue weighted by Crippen LogP contribution is 2.24. The first-order valence-electron chi connectivity index (χ1n) is 7.61. The van der Waals surface area contributed by atoms with Gasteiger partial charge in [-0.3, -0.25) is 0 Å². The molecule has 1 heterocycles. The molecule has 1 aliphatic heterocycles. The molecular weight excluding hydrogens is 312 g/mol. The van der Waals surface area contributed by atoms with Crippen molar-refractivity contribution in [2.24, 2.45) is 0 Å². The Labute approximate surface area is 138 Å². The van der Waals surface area contributed by atoms with E-state index < -0.39 is 10.1 Å². The fourth-order valence-corrected chi connectivity index (χ4v) is 2.74. The molecular formula is C18H22O4S. The summed E-state index contributed by atoms with van der Waals surface area (Å²) in [6, 6.07) is 6.53. The number of hydrogen-bond acceptors (Lipinski definition) is 4. The second-order valence-electron chi connectivity index (χ2n) is 5.44. The summed E-state index contributed by atoms with van der Waals surface area (Å²) in [5.74, 6) is 0. The van der Waals surface area contributed by atoms with E-state index in [4.69, 9.17) is 8.92 Å². The van der Waals surface area contributed by atoms with Crippen LogP contribution in [-0.4, -0.2) is 20.6 Å². The minimum Gasteiger partial charge on any atom is -0.387 e. The van der Waals surface area contributed by atoms with Crippen molar-refractivity contribution in [1.82, 2.24) is 0 Å². The number of rotatable bonds is 8. The van der Waals surface area contributed by atoms with E-state index in [1.165, 1.54) is 18.4 Å². The van der Waals surface area contributed by atoms with Crippen LogP contribution in [0.1, 0.15) is 25.3 Å². The number of ether oxygens (including phenoxy) is 1. The molecule has 0 bridgehead atoms. The lowest BCUT2D eigenvalue weighted by Gasteiger charge is -2.02. The van der Waals surface area contributed by atoms with Gasteiger partial charge in [0.15, 0.2) is 0 Å². The summed E-state index contributed by atoms with van der Waals surface area (Å²) in [7, 11) is -3.73. The Bertz CT molecular complexity index is 684. The molecule has 2 rings (SSSR count). The number of aryl methyl sites for hydroxylation is 1. The van der Waals surface area contributed by atoms with Gasteiger partial charge in [-0.2, -0.15) is 8.42 Å². The van der Waals surface area contributed by atoms with Crippen LogP contribution in [0.2, 0.25) is 0 Å². The van der Waals surface area contributed by atoms with E-state index in [9.17, 15) is 8.42 Å². The van der Waals surface area contributed by atoms with E-state index in [-0.39, 0.29) is 4.90 Å². The van der Waals surface area contributed by atoms with Crippen molar-refractivity contribution in [3.05, 3.63) is 66.5 Å². The second kappa shape index (κ2) is 8.13. The van der Waals surface area contributed by atoms with Gasteiger partial charge < -0.3 is 8.92 Å². The molecule has 5 heteroatoms. The second-order valence-corrected chi connectivity index (χ2v) is 7.01. The summed E-state index contributed by atoms with van der Waals surface area (Å²) < 4.78 is 33.9. The van der Waals surface area contributed by atoms with Crippen LogP contribution >= 0.6 is 0 Å². The molecule has 0 aromatic heterocycles. The topological polar surface area (TPSA) is 55.9 Å². The molecule has 0 amide bonds. The number of benzene rings is 1. The first-order chi connectivity index (χ1) is 11.0. The van der Waals surface area contributed by atoms with Crippen LogP contribution in [0.4, 0.5) is 0 Å². The van der Waals surface area contributed by atoms with Gasteiger partial charge in [0.05, 0.1) is 12.2 Å². The van der Waals surface area contributed by atoms with Gasteiger partial charge in [-0.1, -0.05) is 42.0 Å². The number of allylic oxidation sites excluding steroid dienone is 4. The molecule has 1 saturated heterocycles. The lowest BCUT2D eigenvalue weighted by Crippen LogP contribution is -2.01. The van der Waals surface area contributed by atoms with Gasteiger partial charge in [0.25, 0.3) is 0 Å². The molecule has 1 aromatic carbocycles. The summed E-state index contributed by atoms with van der Waals surface area (Å²) >= 11 is 0. The van der Waals surface area contributed by atoms with E-state index in [1.54, 1.807) is 24.3 Å². The molecule has 1 aromatic rings. The van der Waals surface area contributed by atoms with Crippen LogP contribution in [0.15, 0.2) is 65.8 Å². The van der Waals surface area contributed by atoms with Crippen molar-refractivity contribution in [3.63, 3.8) is 0 Å². The Kier molecular flexibility index (Phi) is 6.19. The van der Waals surface area contributed by atoms with Crippen LogP contribution in [-0.2, 0) is 19.0 Å². The van der Waals surface area contributed by atoms with Gasteiger partial charge in [0.2, 0.25) is 0 Å². The summed E-state index contributed by atoms with van der Waals surface area (Å²) in [6.45, 7) is 3.96. The Morgan fingerprint density at radius 1 is 1.13 bits per heavy atom. The normalized spacial score (nSPS) is 21.5. The third-order valence-corrected chi connectivity index (χ3v) is 4.68. The van der Waals surface area contributed by atoms with Gasteiger partial charge in [-0.15, -0.1) is 0 Å². The molecule has 23 heavy (non-hydrogen) atoms. The maximum Gasteiger partial charge on any atom is 0.338 e. The number of hydrogen-bond donors (Lipinski definition) is 0. The monoisotopic (exact) mass is 334 g/mol. The first-order valence-corrected chi connectivity index (χ1v) is 9.02. The van der Waals surface area contributed by atoms with Crippen molar-refractivity contribution < 1.29 is 17.3 Å². The predicted molar refractivity (Wildman–Crippen MR) is 90.4 cm³/mol. The minimum atomic E-state index is -3.73. The Morgan fingerprint density at radius 3 is 2.48 bits per heavy atom. The zero-order chi connectivity index (χ0) is 16.7. The van der Waals surface area contributed by atoms with E-state index in [0.717, 1.165) is 18.4 Å². The van der Waals surface area contributed by atoms with E-state index in [1.807, 2.05) is 13.0 Å². The van der Waals surface area contributed by atoms with Crippen molar-refractivity contribution in [2.75, 3.05) is 0 Å². The van der Waals surface area contributed by atoms with Gasteiger partial charge in [-0.05, 0) is 44.9 Å². The van der Waals surface area contributed by atoms with Gasteiger partial charge >= 0.3 is 10.1 Å². The highest BCUT2D eigenvalue weighted by molar-refractivity contribution is 7.86. The summed E-state index contributed by atoms with van der Waals surface area (Å²) in [4.78, 5) is 0.149. The standard InChI is InChI=1S/C18H22O4S/c1-15-10-12-17(13-11-15)23(19,20)21-14-8-6-4-3-5-7-9-18-16(2)22-18/h4-8,10-14,16,18H,3,9H2,1-2H3. The molecule has 0 aliphatic carbocycles. The smallest absolute Gasteiger partial charge is 0.338 e. The van der Waals surface area contributed by atoms with E-state index in [0.29, 0.717) is 12.2 Å². The third kappa shape index (κ3) is 6.04. The highest BCUT2D eigenvalue weighted by Gasteiger charge is 2.32. The largest absolute Gasteiger partial charge is 0.387 e. The van der Waals surface area contributed by atoms with Crippen molar-refractivity contribution in [1.29, 1.82) is 0 Å². The zero-order valence-corrected chi connectivity index (χ0v) is 14.2. The summed E-state index contributed by atoms with van der Waals surface area (Å²) in [6.07, 6.45) is 13.1. The maximum absolute atomic E-state index is 11.9. The van der Waals surface area contributed by atoms with E-state index in [2.05, 4.69) is 19.1 Å². The molecule has 0 spiro atoms. The van der Waals surface area contributed by atoms with Crippen LogP contribution in [0.25, 0.3) is 0 Å². The SMILES string of the molecule is Cc1ccc(S(=O)(=O)OC=CC=CCC=CCC2OC2C)cc1. The molecule has 4 nitrogen and oxygen atoms in total. The van der Waals surface area contributed by atoms with Crippen LogP contribution in [0, 0.1) is 6.92 Å². The average Bonchev–Trinajstić information content (AvgIpc) is 3.21. The van der Waals surface area contributed by atoms with Crippen molar-refractivity contribution in [2.45, 2.75) is 43.8 Å². The number of epoxide rings is 1. The van der Waals surface area contributed by atoms with Gasteiger partial charge in [0.1, 0.15) is 11.2 Å². The Hall–Kier alpha value is -1.85. The van der Waals surface area contributed by atoms with Crippen LogP contribution in [0.3, 0.4) is 0 Å². The molecule has 124 valence electrons. The highest BCUT2D eigenvalue weighted by atomic mass is 32.2. The molecule has 1 aliphatic rings. The summed E-state index contributed by atoms with van der Waals surface area (Å²) in [5, 5.41) is 0. The lowest BCUT2D eigenvalue weighted by atomic mass is 10.2. The van der Waals surface area contributed by atoms with Gasteiger partial charge in [0, 0.05) is 0 Å². The first kappa shape index (κ1) is 17.5. The molecule has 2 unspecified atom stereocenters. The van der Waals surface area contributed by atoms with E-state index >= 15 is 0 Å². The van der Waals surface area contributed by atoms with Gasteiger partial charge in [-0.25, -0.2) is 0 Å². The molecule has 0 saturated carbocycles. The Morgan fingerprint density at radius 2 is 1.83 bits per heavy atom. The minimum absolute atomic E-state index is 0.149. The zero-order valence-electron chi connectivity index (χ0n) is 13.4. The molecule has 2 atom stereocenters. The fourth-order valence-electron chi connectivity index (χ4n) is 1.95. The molecule has 0 N–H and O–H groups in total. The summed E-state index contributed by atoms with van der Waals surface area (Å²) in [5.41, 5.74) is 0.998. The third-order valence-electron chi connectivity index (χ3n) is 3.46. The quantitative estimate of drug-likeness (QED) is 0.238. The molecule has 1 fully saturated rings. The lowest BCUT2D eigenvalue weighted by molar-refractivity contribution is 0.380. The Balaban J connectivity index is 1.70. The van der Waals surface area contributed by atoms with Crippen LogP contribution in [0.5, 0.6) is 0 Å². The van der Waals surface area contributed by atoms with Crippen molar-refractivity contribution in [3.8, 4) is 0 Å².